The second-order valence-corrected chi connectivity index (χ2v) is 17.0. The number of hydrogen-bond acceptors (Lipinski definition) is 7. The molecule has 0 spiro atoms. The van der Waals surface area contributed by atoms with E-state index in [0.29, 0.717) is 29.2 Å². The van der Waals surface area contributed by atoms with E-state index in [0.717, 1.165) is 26.6 Å². The number of benzene rings is 2. The lowest BCUT2D eigenvalue weighted by Gasteiger charge is -2.20. The van der Waals surface area contributed by atoms with E-state index in [9.17, 15) is 15.1 Å². The van der Waals surface area contributed by atoms with Crippen molar-refractivity contribution in [3.63, 3.8) is 0 Å². The van der Waals surface area contributed by atoms with Crippen molar-refractivity contribution in [3.8, 4) is 17.2 Å². The maximum Gasteiger partial charge on any atom is 0.346 e. The number of carboxylic acids is 1. The number of thiophene rings is 1. The van der Waals surface area contributed by atoms with E-state index in [1.54, 1.807) is 20.3 Å². The third-order valence-electron chi connectivity index (χ3n) is 6.39. The van der Waals surface area contributed by atoms with Gasteiger partial charge in [0.25, 0.3) is 0 Å². The molecule has 12 heteroatoms. The van der Waals surface area contributed by atoms with Crippen LogP contribution in [-0.4, -0.2) is 38.8 Å². The van der Waals surface area contributed by atoms with Gasteiger partial charge in [-0.25, -0.2) is 4.79 Å². The second kappa shape index (κ2) is 13.2. The first-order valence-corrected chi connectivity index (χ1v) is 18.1. The average molecular weight is 649 g/mol. The largest absolute Gasteiger partial charge is 0.544 e. The third-order valence-corrected chi connectivity index (χ3v) is 9.03. The zero-order chi connectivity index (χ0) is 30.6. The van der Waals surface area contributed by atoms with Gasteiger partial charge in [0.2, 0.25) is 20.7 Å². The quantitative estimate of drug-likeness (QED) is 0.0831. The van der Waals surface area contributed by atoms with Crippen LogP contribution in [0.5, 0.6) is 17.2 Å². The summed E-state index contributed by atoms with van der Waals surface area (Å²) in [5.41, 5.74) is 2.84. The maximum atomic E-state index is 12.5. The minimum atomic E-state index is -1.77. The second-order valence-electron chi connectivity index (χ2n) is 10.6. The van der Waals surface area contributed by atoms with Crippen LogP contribution in [0.3, 0.4) is 0 Å². The zero-order valence-corrected chi connectivity index (χ0v) is 27.2. The summed E-state index contributed by atoms with van der Waals surface area (Å²) >= 11 is 14.2. The Balaban J connectivity index is 1.74. The molecule has 0 amide bonds. The Morgan fingerprint density at radius 2 is 1.71 bits per heavy atom. The first-order valence-electron chi connectivity index (χ1n) is 13.1. The standard InChI is InChI=1S/C30H32Cl2N2O6SSi/c1-38-27-10-9-18(11-28(27)39-2)22(14-24-25(31)16-34(37)17-26(24)32)23-13-21(41-29(23)30(35)36)15-33-19-7-6-8-20(12-19)40-42(3,4)5/h6-13,16-17,22,33H,14-15H2,1-5H3,(H-,35,36,37)/p+1/t22-/m0/s1. The molecule has 8 nitrogen and oxygen atoms in total. The molecule has 3 N–H and O–H groups in total. The molecule has 2 aromatic carbocycles. The van der Waals surface area contributed by atoms with Crippen LogP contribution in [0.2, 0.25) is 29.7 Å². The number of hydrogen-bond donors (Lipinski definition) is 3. The van der Waals surface area contributed by atoms with Crippen molar-refractivity contribution in [2.45, 2.75) is 38.5 Å². The maximum absolute atomic E-state index is 12.5. The predicted molar refractivity (Wildman–Crippen MR) is 168 cm³/mol. The van der Waals surface area contributed by atoms with Crippen LogP contribution in [0.15, 0.2) is 60.9 Å². The molecule has 222 valence electrons. The number of anilines is 1. The number of carbonyl (C=O) groups is 1. The molecule has 4 aromatic rings. The molecule has 0 radical (unpaired) electrons. The molecule has 0 saturated heterocycles. The lowest BCUT2D eigenvalue weighted by Crippen LogP contribution is -2.29. The number of nitrogens with zero attached hydrogens (tertiary/aromatic N) is 1. The third kappa shape index (κ3) is 7.68. The van der Waals surface area contributed by atoms with Crippen LogP contribution >= 0.6 is 34.5 Å². The minimum Gasteiger partial charge on any atom is -0.544 e. The summed E-state index contributed by atoms with van der Waals surface area (Å²) in [6.07, 6.45) is 2.96. The molecular weight excluding hydrogens is 615 g/mol. The average Bonchev–Trinajstić information content (AvgIpc) is 3.35. The van der Waals surface area contributed by atoms with Gasteiger partial charge >= 0.3 is 5.97 Å². The zero-order valence-electron chi connectivity index (χ0n) is 23.9. The van der Waals surface area contributed by atoms with Crippen molar-refractivity contribution in [2.75, 3.05) is 19.5 Å². The molecule has 0 fully saturated rings. The normalized spacial score (nSPS) is 12.1. The number of rotatable bonds is 12. The van der Waals surface area contributed by atoms with Crippen LogP contribution in [0.1, 0.15) is 37.2 Å². The molecule has 2 aromatic heterocycles. The van der Waals surface area contributed by atoms with Gasteiger partial charge in [0.15, 0.2) is 11.5 Å². The Morgan fingerprint density at radius 1 is 1.02 bits per heavy atom. The van der Waals surface area contributed by atoms with Crippen molar-refractivity contribution in [3.05, 3.63) is 97.4 Å². The van der Waals surface area contributed by atoms with Crippen molar-refractivity contribution < 1.29 is 33.7 Å². The van der Waals surface area contributed by atoms with Crippen molar-refractivity contribution in [2.24, 2.45) is 0 Å². The van der Waals surface area contributed by atoms with Gasteiger partial charge in [0.1, 0.15) is 20.7 Å². The summed E-state index contributed by atoms with van der Waals surface area (Å²) < 4.78 is 17.9. The van der Waals surface area contributed by atoms with Gasteiger partial charge < -0.3 is 24.3 Å². The first kappa shape index (κ1) is 31.5. The lowest BCUT2D eigenvalue weighted by molar-refractivity contribution is -0.904. The Kier molecular flexibility index (Phi) is 9.93. The number of halogens is 2. The summed E-state index contributed by atoms with van der Waals surface area (Å²) in [7, 11) is 1.33. The number of nitrogens with one attached hydrogen (secondary N) is 1. The van der Waals surface area contributed by atoms with Crippen LogP contribution < -0.4 is 23.9 Å². The molecule has 0 aliphatic carbocycles. The smallest absolute Gasteiger partial charge is 0.346 e. The molecule has 0 unspecified atom stereocenters. The molecule has 2 heterocycles. The van der Waals surface area contributed by atoms with Gasteiger partial charge in [-0.15, -0.1) is 11.3 Å². The predicted octanol–water partition coefficient (Wildman–Crippen LogP) is 7.50. The van der Waals surface area contributed by atoms with Crippen LogP contribution in [0, 0.1) is 0 Å². The summed E-state index contributed by atoms with van der Waals surface area (Å²) in [4.78, 5) is 13.6. The van der Waals surface area contributed by atoms with E-state index in [-0.39, 0.29) is 21.3 Å². The SMILES string of the molecule is COc1ccc([C@H](Cc2c(Cl)c[n+](O)cc2Cl)c2cc(CNc3cccc(O[Si](C)(C)C)c3)sc2C(=O)O)cc1OC. The molecule has 42 heavy (non-hydrogen) atoms. The monoisotopic (exact) mass is 647 g/mol. The van der Waals surface area contributed by atoms with Gasteiger partial charge in [0, 0.05) is 39.4 Å². The van der Waals surface area contributed by atoms with E-state index in [2.05, 4.69) is 25.0 Å². The highest BCUT2D eigenvalue weighted by Gasteiger charge is 2.28. The number of methoxy groups -OCH3 is 2. The molecular formula is C30H33Cl2N2O6SSi+. The van der Waals surface area contributed by atoms with E-state index in [1.165, 1.54) is 23.7 Å². The van der Waals surface area contributed by atoms with Gasteiger partial charge in [-0.05, 0) is 67.5 Å². The molecule has 1 atom stereocenters. The molecule has 0 aliphatic rings. The van der Waals surface area contributed by atoms with Crippen LogP contribution in [0.25, 0.3) is 0 Å². The fourth-order valence-electron chi connectivity index (χ4n) is 4.60. The van der Waals surface area contributed by atoms with Crippen molar-refractivity contribution in [1.29, 1.82) is 0 Å². The first-order chi connectivity index (χ1) is 19.9. The van der Waals surface area contributed by atoms with Crippen LogP contribution in [0.4, 0.5) is 5.69 Å². The van der Waals surface area contributed by atoms with E-state index < -0.39 is 20.2 Å². The molecule has 0 bridgehead atoms. The summed E-state index contributed by atoms with van der Waals surface area (Å²) in [6.45, 7) is 6.79. The highest BCUT2D eigenvalue weighted by molar-refractivity contribution is 7.14. The molecule has 0 aliphatic heterocycles. The minimum absolute atomic E-state index is 0.211. The molecule has 0 saturated carbocycles. The van der Waals surface area contributed by atoms with Crippen molar-refractivity contribution in [1.82, 2.24) is 0 Å². The Hall–Kier alpha value is -3.44. The Bertz CT molecular complexity index is 1570. The highest BCUT2D eigenvalue weighted by Crippen LogP contribution is 2.41. The van der Waals surface area contributed by atoms with Gasteiger partial charge in [-0.1, -0.05) is 35.3 Å². The van der Waals surface area contributed by atoms with E-state index in [4.69, 9.17) is 37.1 Å². The summed E-state index contributed by atoms with van der Waals surface area (Å²) in [5, 5.41) is 24.0. The van der Waals surface area contributed by atoms with Gasteiger partial charge in [-0.2, -0.15) is 0 Å². The van der Waals surface area contributed by atoms with E-state index >= 15 is 0 Å². The highest BCUT2D eigenvalue weighted by atomic mass is 35.5. The summed E-state index contributed by atoms with van der Waals surface area (Å²) in [5.74, 6) is 0.361. The Morgan fingerprint density at radius 3 is 2.33 bits per heavy atom. The topological polar surface area (TPSA) is 101 Å². The fraction of sp³-hybridized carbons (Fsp3) is 0.267. The van der Waals surface area contributed by atoms with E-state index in [1.807, 2.05) is 42.5 Å². The lowest BCUT2D eigenvalue weighted by atomic mass is 9.85. The van der Waals surface area contributed by atoms with Crippen molar-refractivity contribution >= 4 is 54.5 Å². The van der Waals surface area contributed by atoms with Gasteiger partial charge in [0.05, 0.1) is 14.2 Å². The summed E-state index contributed by atoms with van der Waals surface area (Å²) in [6, 6.07) is 15.1. The number of ether oxygens (including phenoxy) is 2. The fourth-order valence-corrected chi connectivity index (χ4v) is 7.04. The van der Waals surface area contributed by atoms with Crippen LogP contribution in [-0.2, 0) is 13.0 Å². The van der Waals surface area contributed by atoms with Gasteiger partial charge in [-0.3, -0.25) is 5.21 Å². The number of aromatic carboxylic acids is 1. The number of aromatic nitrogens is 1. The Labute approximate surface area is 260 Å². The number of carboxylic acid groups (broad SMARTS) is 1. The molecule has 4 rings (SSSR count). The number of pyridine rings is 1.